The van der Waals surface area contributed by atoms with E-state index < -0.39 is 24.1 Å². The zero-order valence-corrected chi connectivity index (χ0v) is 27.7. The number of pyridine rings is 2. The van der Waals surface area contributed by atoms with Crippen LogP contribution in [0.2, 0.25) is 10.0 Å². The van der Waals surface area contributed by atoms with Crippen molar-refractivity contribution in [2.75, 3.05) is 13.2 Å². The first kappa shape index (κ1) is 37.5. The van der Waals surface area contributed by atoms with Gasteiger partial charge < -0.3 is 9.47 Å². The van der Waals surface area contributed by atoms with E-state index in [1.54, 1.807) is 32.3 Å². The number of rotatable bonds is 10. The minimum atomic E-state index is -2.86. The molecule has 0 saturated heterocycles. The normalized spacial score (nSPS) is 10.8. The molecule has 11 nitrogen and oxygen atoms in total. The molecule has 6 aromatic rings. The minimum absolute atomic E-state index is 0. The fourth-order valence-corrected chi connectivity index (χ4v) is 5.23. The van der Waals surface area contributed by atoms with E-state index in [-0.39, 0.29) is 44.0 Å². The number of carbonyl (C=O) groups is 3. The van der Waals surface area contributed by atoms with Gasteiger partial charge in [-0.25, -0.2) is 18.4 Å². The summed E-state index contributed by atoms with van der Waals surface area (Å²) in [4.78, 5) is 43.2. The average Bonchev–Trinajstić information content (AvgIpc) is 3.69. The molecule has 0 aliphatic rings. The van der Waals surface area contributed by atoms with Gasteiger partial charge in [-0.05, 0) is 61.4 Å². The summed E-state index contributed by atoms with van der Waals surface area (Å²) in [6, 6.07) is 14.8. The van der Waals surface area contributed by atoms with Gasteiger partial charge in [0.05, 0.1) is 47.4 Å². The Bertz CT molecular complexity index is 2150. The molecule has 0 aliphatic heterocycles. The lowest BCUT2D eigenvalue weighted by atomic mass is 10.1. The van der Waals surface area contributed by atoms with Crippen LogP contribution in [-0.2, 0) is 22.6 Å². The molecular formula is C35H32Cl2F2N6O5. The van der Waals surface area contributed by atoms with Gasteiger partial charge in [-0.3, -0.25) is 24.1 Å². The van der Waals surface area contributed by atoms with Crippen molar-refractivity contribution in [1.29, 1.82) is 0 Å². The Labute approximate surface area is 295 Å². The number of aldehydes is 1. The number of esters is 2. The standard InChI is InChI=1S/C17H14ClF2N3O2.C17H14ClN3O3.CH4/c1-2-25-17(24)13-9-23(22-15(13)16(19)20)8-10-3-4-14-11(5-10)6-12(18)7-21-14;1-2-24-17(23)14-9-21(20-16(14)10-22)8-11-3-4-15-12(5-11)6-13(18)7-19-15;/h3-7,9,16H,2,8H2,1H3;3-7,9-10H,2,8H2,1H3;1H4. The van der Waals surface area contributed by atoms with Crippen molar-refractivity contribution in [3.8, 4) is 0 Å². The number of nitrogens with zero attached hydrogens (tertiary/aromatic N) is 6. The van der Waals surface area contributed by atoms with Gasteiger partial charge in [0.25, 0.3) is 6.43 Å². The van der Waals surface area contributed by atoms with E-state index in [0.717, 1.165) is 32.9 Å². The third-order valence-corrected chi connectivity index (χ3v) is 7.42. The number of benzene rings is 2. The topological polar surface area (TPSA) is 131 Å². The first-order valence-electron chi connectivity index (χ1n) is 14.9. The second-order valence-corrected chi connectivity index (χ2v) is 11.3. The monoisotopic (exact) mass is 724 g/mol. The van der Waals surface area contributed by atoms with Gasteiger partial charge in [-0.1, -0.05) is 42.8 Å². The minimum Gasteiger partial charge on any atom is -0.462 e. The lowest BCUT2D eigenvalue weighted by Gasteiger charge is -2.04. The largest absolute Gasteiger partial charge is 0.462 e. The van der Waals surface area contributed by atoms with Gasteiger partial charge in [0.2, 0.25) is 0 Å². The highest BCUT2D eigenvalue weighted by molar-refractivity contribution is 6.31. The van der Waals surface area contributed by atoms with Crippen LogP contribution in [0.1, 0.15) is 75.7 Å². The summed E-state index contributed by atoms with van der Waals surface area (Å²) in [6.45, 7) is 4.28. The molecule has 0 aliphatic carbocycles. The summed E-state index contributed by atoms with van der Waals surface area (Å²) >= 11 is 11.9. The van der Waals surface area contributed by atoms with E-state index in [1.807, 2.05) is 42.5 Å². The first-order valence-corrected chi connectivity index (χ1v) is 15.6. The fourth-order valence-electron chi connectivity index (χ4n) is 4.89. The van der Waals surface area contributed by atoms with Crippen LogP contribution in [0.5, 0.6) is 0 Å². The number of alkyl halides is 2. The Kier molecular flexibility index (Phi) is 12.7. The Balaban J connectivity index is 0.000000220. The van der Waals surface area contributed by atoms with Crippen LogP contribution in [-0.4, -0.2) is 61.0 Å². The van der Waals surface area contributed by atoms with E-state index in [2.05, 4.69) is 20.2 Å². The lowest BCUT2D eigenvalue weighted by molar-refractivity contribution is 0.0510. The highest BCUT2D eigenvalue weighted by Crippen LogP contribution is 2.24. The maximum Gasteiger partial charge on any atom is 0.342 e. The summed E-state index contributed by atoms with van der Waals surface area (Å²) < 4.78 is 38.8. The van der Waals surface area contributed by atoms with Crippen molar-refractivity contribution in [2.24, 2.45) is 0 Å². The first-order chi connectivity index (χ1) is 23.6. The maximum absolute atomic E-state index is 13.1. The fraction of sp³-hybridized carbons (Fsp3) is 0.229. The van der Waals surface area contributed by atoms with E-state index >= 15 is 0 Å². The van der Waals surface area contributed by atoms with Crippen LogP contribution in [0.15, 0.2) is 73.3 Å². The number of hydrogen-bond acceptors (Lipinski definition) is 9. The Morgan fingerprint density at radius 1 is 0.780 bits per heavy atom. The van der Waals surface area contributed by atoms with E-state index in [1.165, 1.54) is 21.8 Å². The molecule has 0 N–H and O–H groups in total. The van der Waals surface area contributed by atoms with Gasteiger partial charge in [0.15, 0.2) is 6.29 Å². The number of ether oxygens (including phenoxy) is 2. The molecule has 2 aromatic carbocycles. The summed E-state index contributed by atoms with van der Waals surface area (Å²) in [5.74, 6) is -1.36. The van der Waals surface area contributed by atoms with Crippen molar-refractivity contribution in [3.63, 3.8) is 0 Å². The van der Waals surface area contributed by atoms with Crippen LogP contribution >= 0.6 is 23.2 Å². The highest BCUT2D eigenvalue weighted by atomic mass is 35.5. The third-order valence-electron chi connectivity index (χ3n) is 7.00. The summed E-state index contributed by atoms with van der Waals surface area (Å²) in [5.41, 5.74) is 2.80. The number of fused-ring (bicyclic) bond motifs is 2. The molecule has 0 fully saturated rings. The predicted octanol–water partition coefficient (Wildman–Crippen LogP) is 8.01. The molecule has 0 unspecified atom stereocenters. The van der Waals surface area contributed by atoms with Crippen molar-refractivity contribution in [1.82, 2.24) is 29.5 Å². The number of hydrogen-bond donors (Lipinski definition) is 0. The molecule has 6 rings (SSSR count). The average molecular weight is 726 g/mol. The summed E-state index contributed by atoms with van der Waals surface area (Å²) in [5, 5.41) is 10.8. The molecule has 0 bridgehead atoms. The highest BCUT2D eigenvalue weighted by Gasteiger charge is 2.24. The van der Waals surface area contributed by atoms with Gasteiger partial charge in [0.1, 0.15) is 22.5 Å². The molecule has 0 atom stereocenters. The molecule has 0 radical (unpaired) electrons. The second-order valence-electron chi connectivity index (χ2n) is 10.5. The number of halogens is 4. The molecule has 0 amide bonds. The predicted molar refractivity (Wildman–Crippen MR) is 185 cm³/mol. The SMILES string of the molecule is C.CCOC(=O)c1cn(Cc2ccc3ncc(Cl)cc3c2)nc1C(F)F.CCOC(=O)c1cn(Cc2ccc3ncc(Cl)cc3c2)nc1C=O. The second kappa shape index (κ2) is 16.9. The Morgan fingerprint density at radius 2 is 1.26 bits per heavy atom. The smallest absolute Gasteiger partial charge is 0.342 e. The zero-order valence-electron chi connectivity index (χ0n) is 26.1. The molecule has 4 aromatic heterocycles. The Hall–Kier alpha value is -5.27. The quantitative estimate of drug-likeness (QED) is 0.102. The third kappa shape index (κ3) is 9.04. The van der Waals surface area contributed by atoms with Crippen LogP contribution in [0, 0.1) is 0 Å². The van der Waals surface area contributed by atoms with Gasteiger partial charge in [-0.2, -0.15) is 10.2 Å². The van der Waals surface area contributed by atoms with Crippen LogP contribution in [0.3, 0.4) is 0 Å². The summed E-state index contributed by atoms with van der Waals surface area (Å²) in [7, 11) is 0. The van der Waals surface area contributed by atoms with Crippen molar-refractivity contribution in [2.45, 2.75) is 40.8 Å². The van der Waals surface area contributed by atoms with Crippen LogP contribution < -0.4 is 0 Å². The van der Waals surface area contributed by atoms with Crippen molar-refractivity contribution in [3.05, 3.63) is 117 Å². The zero-order chi connectivity index (χ0) is 35.1. The van der Waals surface area contributed by atoms with E-state index in [9.17, 15) is 23.2 Å². The van der Waals surface area contributed by atoms with Crippen molar-refractivity contribution >= 4 is 63.2 Å². The molecule has 0 saturated carbocycles. The van der Waals surface area contributed by atoms with Crippen molar-refractivity contribution < 1.29 is 32.6 Å². The van der Waals surface area contributed by atoms with E-state index in [0.29, 0.717) is 22.9 Å². The van der Waals surface area contributed by atoms with Crippen LogP contribution in [0.25, 0.3) is 21.8 Å². The maximum atomic E-state index is 13.1. The van der Waals surface area contributed by atoms with E-state index in [4.69, 9.17) is 32.7 Å². The van der Waals surface area contributed by atoms with Gasteiger partial charge >= 0.3 is 11.9 Å². The Morgan fingerprint density at radius 3 is 1.74 bits per heavy atom. The molecule has 15 heteroatoms. The number of aromatic nitrogens is 6. The van der Waals surface area contributed by atoms with Gasteiger partial charge in [0, 0.05) is 35.6 Å². The molecule has 0 spiro atoms. The number of carbonyl (C=O) groups excluding carboxylic acids is 3. The molecule has 4 heterocycles. The summed E-state index contributed by atoms with van der Waals surface area (Å²) in [6.07, 6.45) is 3.63. The molecule has 50 heavy (non-hydrogen) atoms. The van der Waals surface area contributed by atoms with Gasteiger partial charge in [-0.15, -0.1) is 0 Å². The molecular weight excluding hydrogens is 693 g/mol. The van der Waals surface area contributed by atoms with Crippen LogP contribution in [0.4, 0.5) is 8.78 Å². The molecule has 260 valence electrons. The lowest BCUT2D eigenvalue weighted by Crippen LogP contribution is -2.06.